The van der Waals surface area contributed by atoms with Gasteiger partial charge in [0.1, 0.15) is 4.32 Å². The second-order valence-corrected chi connectivity index (χ2v) is 6.55. The van der Waals surface area contributed by atoms with Crippen molar-refractivity contribution in [2.24, 2.45) is 0 Å². The van der Waals surface area contributed by atoms with Gasteiger partial charge in [0.2, 0.25) is 0 Å². The van der Waals surface area contributed by atoms with Crippen LogP contribution in [0, 0.1) is 0 Å². The Morgan fingerprint density at radius 1 is 0.810 bits per heavy atom. The maximum Gasteiger partial charge on any atom is 0.133 e. The fourth-order valence-electron chi connectivity index (χ4n) is 1.73. The molecule has 1 N–H and O–H groups in total. The first kappa shape index (κ1) is 23.5. The lowest BCUT2D eigenvalue weighted by Gasteiger charge is -2.21. The van der Waals surface area contributed by atoms with Crippen molar-refractivity contribution in [1.29, 1.82) is 0 Å². The number of nitrogens with zero attached hydrogens (tertiary/aromatic N) is 1. The van der Waals surface area contributed by atoms with Crippen molar-refractivity contribution in [3.05, 3.63) is 0 Å². The zero-order valence-electron chi connectivity index (χ0n) is 14.8. The summed E-state index contributed by atoms with van der Waals surface area (Å²) in [6.07, 6.45) is 10.1. The standard InChI is InChI=1S/C9H19NS2.C8H19N/c1-3-5-7-10(9(11)12)8-6-4-2;1-3-5-7-9-8-6-4-2/h3-8H2,1-2H3,(H,11,12);9H,3-8H2,1-2H3. The Labute approximate surface area is 144 Å². The molecular formula is C17H38N2S2. The zero-order valence-corrected chi connectivity index (χ0v) is 16.5. The summed E-state index contributed by atoms with van der Waals surface area (Å²) in [5.41, 5.74) is 0. The second kappa shape index (κ2) is 20.2. The predicted octanol–water partition coefficient (Wildman–Crippen LogP) is 5.28. The molecule has 0 aliphatic heterocycles. The Morgan fingerprint density at radius 3 is 1.48 bits per heavy atom. The number of unbranched alkanes of at least 4 members (excludes halogenated alkanes) is 4. The van der Waals surface area contributed by atoms with E-state index in [2.05, 4.69) is 50.5 Å². The molecule has 0 rings (SSSR count). The molecule has 0 aromatic heterocycles. The Balaban J connectivity index is 0. The molecule has 0 radical (unpaired) electrons. The number of hydrogen-bond donors (Lipinski definition) is 2. The van der Waals surface area contributed by atoms with Crippen LogP contribution in [-0.4, -0.2) is 35.4 Å². The fraction of sp³-hybridized carbons (Fsp3) is 0.941. The molecule has 0 aromatic carbocycles. The highest BCUT2D eigenvalue weighted by molar-refractivity contribution is 8.10. The molecule has 0 aromatic rings. The van der Waals surface area contributed by atoms with Gasteiger partial charge in [0.05, 0.1) is 0 Å². The molecule has 0 spiro atoms. The minimum atomic E-state index is 0.747. The number of nitrogens with one attached hydrogen (secondary N) is 1. The topological polar surface area (TPSA) is 15.3 Å². The van der Waals surface area contributed by atoms with Crippen LogP contribution in [0.3, 0.4) is 0 Å². The van der Waals surface area contributed by atoms with Gasteiger partial charge >= 0.3 is 0 Å². The summed E-state index contributed by atoms with van der Waals surface area (Å²) in [6, 6.07) is 0. The van der Waals surface area contributed by atoms with E-state index in [1.807, 2.05) is 0 Å². The van der Waals surface area contributed by atoms with Gasteiger partial charge in [0.25, 0.3) is 0 Å². The molecule has 2 nitrogen and oxygen atoms in total. The highest BCUT2D eigenvalue weighted by atomic mass is 32.1. The first-order valence-corrected chi connectivity index (χ1v) is 9.67. The van der Waals surface area contributed by atoms with Gasteiger partial charge in [0.15, 0.2) is 0 Å². The van der Waals surface area contributed by atoms with Crippen molar-refractivity contribution >= 4 is 29.2 Å². The lowest BCUT2D eigenvalue weighted by atomic mass is 10.3. The summed E-state index contributed by atoms with van der Waals surface area (Å²) in [4.78, 5) is 2.19. The van der Waals surface area contributed by atoms with Crippen LogP contribution in [0.1, 0.15) is 79.1 Å². The summed E-state index contributed by atoms with van der Waals surface area (Å²) in [7, 11) is 0. The third-order valence-electron chi connectivity index (χ3n) is 3.25. The molecule has 0 amide bonds. The van der Waals surface area contributed by atoms with E-state index >= 15 is 0 Å². The third-order valence-corrected chi connectivity index (χ3v) is 3.79. The van der Waals surface area contributed by atoms with Gasteiger partial charge in [-0.15, -0.1) is 12.6 Å². The first-order chi connectivity index (χ1) is 10.1. The van der Waals surface area contributed by atoms with Gasteiger partial charge in [0, 0.05) is 13.1 Å². The van der Waals surface area contributed by atoms with E-state index in [1.165, 1.54) is 64.5 Å². The maximum atomic E-state index is 5.03. The van der Waals surface area contributed by atoms with Gasteiger partial charge in [-0.25, -0.2) is 0 Å². The molecule has 0 atom stereocenters. The molecular weight excluding hydrogens is 296 g/mol. The molecule has 0 heterocycles. The van der Waals surface area contributed by atoms with Crippen LogP contribution in [0.2, 0.25) is 0 Å². The lowest BCUT2D eigenvalue weighted by molar-refractivity contribution is 0.411. The Morgan fingerprint density at radius 2 is 1.19 bits per heavy atom. The third kappa shape index (κ3) is 20.2. The molecule has 128 valence electrons. The normalized spacial score (nSPS) is 9.95. The van der Waals surface area contributed by atoms with Crippen LogP contribution < -0.4 is 5.32 Å². The minimum Gasteiger partial charge on any atom is -0.358 e. The van der Waals surface area contributed by atoms with Crippen molar-refractivity contribution in [2.45, 2.75) is 79.1 Å². The summed E-state index contributed by atoms with van der Waals surface area (Å²) >= 11 is 9.23. The fourth-order valence-corrected chi connectivity index (χ4v) is 2.11. The second-order valence-electron chi connectivity index (χ2n) is 5.43. The van der Waals surface area contributed by atoms with E-state index in [9.17, 15) is 0 Å². The highest BCUT2D eigenvalue weighted by Crippen LogP contribution is 2.02. The highest BCUT2D eigenvalue weighted by Gasteiger charge is 2.03. The lowest BCUT2D eigenvalue weighted by Crippen LogP contribution is -2.28. The first-order valence-electron chi connectivity index (χ1n) is 8.82. The summed E-state index contributed by atoms with van der Waals surface area (Å²) in [5, 5.41) is 3.39. The smallest absolute Gasteiger partial charge is 0.133 e. The molecule has 0 saturated carbocycles. The molecule has 0 aliphatic carbocycles. The van der Waals surface area contributed by atoms with E-state index < -0.39 is 0 Å². The largest absolute Gasteiger partial charge is 0.358 e. The number of thiol groups is 1. The monoisotopic (exact) mass is 334 g/mol. The van der Waals surface area contributed by atoms with E-state index in [0.717, 1.165) is 17.4 Å². The Bertz CT molecular complexity index is 197. The maximum absolute atomic E-state index is 5.03. The molecule has 21 heavy (non-hydrogen) atoms. The van der Waals surface area contributed by atoms with E-state index in [-0.39, 0.29) is 0 Å². The quantitative estimate of drug-likeness (QED) is 0.287. The van der Waals surface area contributed by atoms with Crippen LogP contribution >= 0.6 is 24.8 Å². The zero-order chi connectivity index (χ0) is 16.3. The van der Waals surface area contributed by atoms with Crippen molar-refractivity contribution in [3.8, 4) is 0 Å². The number of thiocarbonyl (C=S) groups is 1. The summed E-state index contributed by atoms with van der Waals surface area (Å²) < 4.78 is 0.747. The van der Waals surface area contributed by atoms with Crippen molar-refractivity contribution in [3.63, 3.8) is 0 Å². The average Bonchev–Trinajstić information content (AvgIpc) is 2.47. The Hall–Kier alpha value is 0.200. The van der Waals surface area contributed by atoms with Crippen molar-refractivity contribution in [1.82, 2.24) is 10.2 Å². The SMILES string of the molecule is CCCCN(CCCC)C(=S)S.CCCCNCCCC. The van der Waals surface area contributed by atoms with Gasteiger partial charge < -0.3 is 10.2 Å². The molecule has 0 unspecified atom stereocenters. The van der Waals surface area contributed by atoms with E-state index in [4.69, 9.17) is 12.2 Å². The summed E-state index contributed by atoms with van der Waals surface area (Å²) in [6.45, 7) is 13.4. The molecule has 4 heteroatoms. The van der Waals surface area contributed by atoms with Gasteiger partial charge in [-0.3, -0.25) is 0 Å². The Kier molecular flexibility index (Phi) is 22.6. The molecule has 0 bridgehead atoms. The van der Waals surface area contributed by atoms with E-state index in [0.29, 0.717) is 0 Å². The number of rotatable bonds is 12. The molecule has 0 aliphatic rings. The van der Waals surface area contributed by atoms with E-state index in [1.54, 1.807) is 0 Å². The van der Waals surface area contributed by atoms with Crippen LogP contribution in [0.25, 0.3) is 0 Å². The average molecular weight is 335 g/mol. The number of hydrogen-bond acceptors (Lipinski definition) is 2. The van der Waals surface area contributed by atoms with Crippen LogP contribution in [-0.2, 0) is 0 Å². The van der Waals surface area contributed by atoms with Gasteiger partial charge in [-0.1, -0.05) is 65.6 Å². The van der Waals surface area contributed by atoms with Gasteiger partial charge in [-0.05, 0) is 38.8 Å². The van der Waals surface area contributed by atoms with Crippen LogP contribution in [0.4, 0.5) is 0 Å². The van der Waals surface area contributed by atoms with Crippen molar-refractivity contribution < 1.29 is 0 Å². The van der Waals surface area contributed by atoms with Crippen molar-refractivity contribution in [2.75, 3.05) is 26.2 Å². The summed E-state index contributed by atoms with van der Waals surface area (Å²) in [5.74, 6) is 0. The minimum absolute atomic E-state index is 0.747. The van der Waals surface area contributed by atoms with Gasteiger partial charge in [-0.2, -0.15) is 0 Å². The molecule has 0 fully saturated rings. The van der Waals surface area contributed by atoms with Crippen LogP contribution in [0.15, 0.2) is 0 Å². The molecule has 0 saturated heterocycles. The van der Waals surface area contributed by atoms with Crippen LogP contribution in [0.5, 0.6) is 0 Å². The predicted molar refractivity (Wildman–Crippen MR) is 106 cm³/mol.